The van der Waals surface area contributed by atoms with Crippen LogP contribution in [0.2, 0.25) is 5.02 Å². The molecule has 2 aromatic carbocycles. The van der Waals surface area contributed by atoms with Gasteiger partial charge in [-0.05, 0) is 44.0 Å². The summed E-state index contributed by atoms with van der Waals surface area (Å²) in [7, 11) is 0. The number of nitrogens with zero attached hydrogens (tertiary/aromatic N) is 4. The van der Waals surface area contributed by atoms with E-state index in [4.69, 9.17) is 11.6 Å². The van der Waals surface area contributed by atoms with Gasteiger partial charge >= 0.3 is 0 Å². The number of rotatable bonds is 6. The van der Waals surface area contributed by atoms with Gasteiger partial charge in [-0.2, -0.15) is 10.2 Å². The normalized spacial score (nSPS) is 11.0. The maximum absolute atomic E-state index is 12.8. The minimum Gasteiger partial charge on any atom is -0.305 e. The lowest BCUT2D eigenvalue weighted by Crippen LogP contribution is -2.13. The van der Waals surface area contributed by atoms with Crippen molar-refractivity contribution in [2.75, 3.05) is 5.32 Å². The van der Waals surface area contributed by atoms with Crippen molar-refractivity contribution in [2.24, 2.45) is 0 Å². The molecule has 0 bridgehead atoms. The van der Waals surface area contributed by atoms with Crippen molar-refractivity contribution in [2.45, 2.75) is 33.9 Å². The maximum Gasteiger partial charge on any atom is 0.256 e. The molecule has 0 fully saturated rings. The van der Waals surface area contributed by atoms with Gasteiger partial charge in [-0.15, -0.1) is 0 Å². The summed E-state index contributed by atoms with van der Waals surface area (Å²) in [5.74, 6) is 0.322. The zero-order valence-corrected chi connectivity index (χ0v) is 18.5. The van der Waals surface area contributed by atoms with Gasteiger partial charge in [0.1, 0.15) is 0 Å². The summed E-state index contributed by atoms with van der Waals surface area (Å²) in [6.07, 6.45) is 1.86. The molecule has 31 heavy (non-hydrogen) atoms. The summed E-state index contributed by atoms with van der Waals surface area (Å²) in [5.41, 5.74) is 5.62. The van der Waals surface area contributed by atoms with Crippen LogP contribution in [0.25, 0.3) is 0 Å². The lowest BCUT2D eigenvalue weighted by atomic mass is 10.1. The van der Waals surface area contributed by atoms with E-state index < -0.39 is 0 Å². The second kappa shape index (κ2) is 8.78. The SMILES string of the molecule is Cc1cccc(Cn2ccc(NC(=O)c3cccc(Cn4nc(C)c(Cl)c4C)c3)n2)c1. The first kappa shape index (κ1) is 20.9. The Morgan fingerprint density at radius 1 is 0.968 bits per heavy atom. The Bertz CT molecular complexity index is 1240. The zero-order chi connectivity index (χ0) is 22.0. The fourth-order valence-corrected chi connectivity index (χ4v) is 3.65. The predicted molar refractivity (Wildman–Crippen MR) is 123 cm³/mol. The Kier molecular flexibility index (Phi) is 5.91. The van der Waals surface area contributed by atoms with E-state index >= 15 is 0 Å². The highest BCUT2D eigenvalue weighted by atomic mass is 35.5. The number of amides is 1. The van der Waals surface area contributed by atoms with Crippen LogP contribution in [-0.2, 0) is 13.1 Å². The first-order chi connectivity index (χ1) is 14.9. The van der Waals surface area contributed by atoms with Crippen molar-refractivity contribution < 1.29 is 4.79 Å². The highest BCUT2D eigenvalue weighted by Crippen LogP contribution is 2.20. The molecule has 0 saturated carbocycles. The second-order valence-electron chi connectivity index (χ2n) is 7.68. The maximum atomic E-state index is 12.8. The van der Waals surface area contributed by atoms with Gasteiger partial charge < -0.3 is 5.32 Å². The Hall–Kier alpha value is -3.38. The monoisotopic (exact) mass is 433 g/mol. The summed E-state index contributed by atoms with van der Waals surface area (Å²) >= 11 is 6.24. The van der Waals surface area contributed by atoms with Gasteiger partial charge in [0, 0.05) is 17.8 Å². The Labute approximate surface area is 186 Å². The van der Waals surface area contributed by atoms with Gasteiger partial charge in [0.05, 0.1) is 29.5 Å². The first-order valence-electron chi connectivity index (χ1n) is 10.1. The molecule has 2 heterocycles. The molecule has 0 saturated heterocycles. The molecule has 1 N–H and O–H groups in total. The summed E-state index contributed by atoms with van der Waals surface area (Å²) in [5, 5.41) is 12.5. The first-order valence-corrected chi connectivity index (χ1v) is 10.5. The minimum absolute atomic E-state index is 0.200. The van der Waals surface area contributed by atoms with E-state index in [1.807, 2.05) is 53.7 Å². The van der Waals surface area contributed by atoms with Crippen LogP contribution in [0, 0.1) is 20.8 Å². The van der Waals surface area contributed by atoms with E-state index in [0.717, 1.165) is 22.5 Å². The molecular weight excluding hydrogens is 410 g/mol. The number of anilines is 1. The summed E-state index contributed by atoms with van der Waals surface area (Å²) < 4.78 is 3.66. The van der Waals surface area contributed by atoms with Crippen molar-refractivity contribution in [1.82, 2.24) is 19.6 Å². The zero-order valence-electron chi connectivity index (χ0n) is 17.8. The number of hydrogen-bond acceptors (Lipinski definition) is 3. The molecule has 7 heteroatoms. The molecule has 0 spiro atoms. The topological polar surface area (TPSA) is 64.7 Å². The van der Waals surface area contributed by atoms with Gasteiger partial charge in [0.25, 0.3) is 5.91 Å². The minimum atomic E-state index is -0.200. The molecule has 4 aromatic rings. The number of aryl methyl sites for hydroxylation is 2. The fourth-order valence-electron chi connectivity index (χ4n) is 3.52. The number of carbonyl (C=O) groups is 1. The molecule has 4 rings (SSSR count). The van der Waals surface area contributed by atoms with Gasteiger partial charge in [0.15, 0.2) is 5.82 Å². The lowest BCUT2D eigenvalue weighted by Gasteiger charge is -2.07. The van der Waals surface area contributed by atoms with Crippen LogP contribution in [-0.4, -0.2) is 25.5 Å². The van der Waals surface area contributed by atoms with Crippen LogP contribution < -0.4 is 5.32 Å². The Morgan fingerprint density at radius 3 is 2.42 bits per heavy atom. The molecule has 0 unspecified atom stereocenters. The third-order valence-electron chi connectivity index (χ3n) is 5.12. The number of halogens is 1. The van der Waals surface area contributed by atoms with E-state index in [1.54, 1.807) is 12.1 Å². The number of aromatic nitrogens is 4. The molecule has 0 atom stereocenters. The quantitative estimate of drug-likeness (QED) is 0.465. The van der Waals surface area contributed by atoms with Crippen LogP contribution in [0.3, 0.4) is 0 Å². The third-order valence-corrected chi connectivity index (χ3v) is 5.67. The molecule has 158 valence electrons. The largest absolute Gasteiger partial charge is 0.305 e. The molecule has 1 amide bonds. The van der Waals surface area contributed by atoms with E-state index in [2.05, 4.69) is 40.6 Å². The molecule has 0 aliphatic heterocycles. The van der Waals surface area contributed by atoms with Crippen molar-refractivity contribution in [1.29, 1.82) is 0 Å². The Morgan fingerprint density at radius 2 is 1.71 bits per heavy atom. The van der Waals surface area contributed by atoms with E-state index in [-0.39, 0.29) is 5.91 Å². The average molecular weight is 434 g/mol. The molecule has 6 nitrogen and oxygen atoms in total. The van der Waals surface area contributed by atoms with Gasteiger partial charge in [0.2, 0.25) is 0 Å². The highest BCUT2D eigenvalue weighted by Gasteiger charge is 2.12. The molecule has 2 aromatic heterocycles. The number of nitrogens with one attached hydrogen (secondary N) is 1. The van der Waals surface area contributed by atoms with Crippen molar-refractivity contribution >= 4 is 23.3 Å². The number of benzene rings is 2. The number of carbonyl (C=O) groups excluding carboxylic acids is 1. The molecule has 0 aliphatic rings. The van der Waals surface area contributed by atoms with Crippen molar-refractivity contribution in [3.05, 3.63) is 99.5 Å². The van der Waals surface area contributed by atoms with E-state index in [9.17, 15) is 4.79 Å². The van der Waals surface area contributed by atoms with Gasteiger partial charge in [-0.3, -0.25) is 14.2 Å². The van der Waals surface area contributed by atoms with Crippen molar-refractivity contribution in [3.63, 3.8) is 0 Å². The van der Waals surface area contributed by atoms with Gasteiger partial charge in [-0.25, -0.2) is 0 Å². The van der Waals surface area contributed by atoms with Crippen molar-refractivity contribution in [3.8, 4) is 0 Å². The van der Waals surface area contributed by atoms with Crippen LogP contribution in [0.15, 0.2) is 60.8 Å². The standard InChI is InChI=1S/C24H24ClN5O/c1-16-6-4-7-19(12-16)14-29-11-10-22(28-29)26-24(31)21-9-5-8-20(13-21)15-30-18(3)23(25)17(2)27-30/h4-13H,14-15H2,1-3H3,(H,26,28,31). The predicted octanol–water partition coefficient (Wildman–Crippen LogP) is 5.01. The summed E-state index contributed by atoms with van der Waals surface area (Å²) in [4.78, 5) is 12.8. The van der Waals surface area contributed by atoms with Crippen LogP contribution in [0.5, 0.6) is 0 Å². The molecule has 0 aliphatic carbocycles. The van der Waals surface area contributed by atoms with Crippen LogP contribution in [0.4, 0.5) is 5.82 Å². The molecular formula is C24H24ClN5O. The third kappa shape index (κ3) is 4.86. The second-order valence-corrected chi connectivity index (χ2v) is 8.06. The summed E-state index contributed by atoms with van der Waals surface area (Å²) in [6.45, 7) is 7.08. The van der Waals surface area contributed by atoms with E-state index in [1.165, 1.54) is 5.56 Å². The van der Waals surface area contributed by atoms with Crippen LogP contribution >= 0.6 is 11.6 Å². The smallest absolute Gasteiger partial charge is 0.256 e. The lowest BCUT2D eigenvalue weighted by molar-refractivity contribution is 0.102. The fraction of sp³-hybridized carbons (Fsp3) is 0.208. The number of hydrogen-bond donors (Lipinski definition) is 1. The Balaban J connectivity index is 1.44. The summed E-state index contributed by atoms with van der Waals surface area (Å²) in [6, 6.07) is 17.6. The highest BCUT2D eigenvalue weighted by molar-refractivity contribution is 6.31. The molecule has 0 radical (unpaired) electrons. The van der Waals surface area contributed by atoms with E-state index in [0.29, 0.717) is 29.5 Å². The van der Waals surface area contributed by atoms with Crippen LogP contribution in [0.1, 0.15) is 38.4 Å². The van der Waals surface area contributed by atoms with Gasteiger partial charge in [-0.1, -0.05) is 53.6 Å². The average Bonchev–Trinajstić information content (AvgIpc) is 3.27.